The molecule has 0 aliphatic carbocycles. The van der Waals surface area contributed by atoms with Gasteiger partial charge in [-0.1, -0.05) is 12.1 Å². The lowest BCUT2D eigenvalue weighted by Crippen LogP contribution is -2.11. The first-order valence-corrected chi connectivity index (χ1v) is 7.26. The summed E-state index contributed by atoms with van der Waals surface area (Å²) in [5.41, 5.74) is -0.970. The summed E-state index contributed by atoms with van der Waals surface area (Å²) in [6.45, 7) is 0. The summed E-state index contributed by atoms with van der Waals surface area (Å²) in [5.74, 6) is -0.190. The predicted octanol–water partition coefficient (Wildman–Crippen LogP) is 3.34. The number of nitrogens with zero attached hydrogens (tertiary/aromatic N) is 1. The van der Waals surface area contributed by atoms with Crippen molar-refractivity contribution in [2.75, 3.05) is 0 Å². The van der Waals surface area contributed by atoms with Gasteiger partial charge in [0.2, 0.25) is 0 Å². The van der Waals surface area contributed by atoms with Crippen molar-refractivity contribution >= 4 is 10.1 Å². The molecule has 0 amide bonds. The van der Waals surface area contributed by atoms with Crippen LogP contribution in [0.15, 0.2) is 53.4 Å². The minimum atomic E-state index is -4.56. The number of para-hydroxylation sites is 1. The zero-order chi connectivity index (χ0) is 16.4. The number of rotatable bonds is 3. The molecule has 0 heterocycles. The Balaban J connectivity index is 2.33. The Morgan fingerprint density at radius 3 is 2.14 bits per heavy atom. The molecule has 0 aliphatic rings. The first-order valence-electron chi connectivity index (χ1n) is 5.85. The van der Waals surface area contributed by atoms with Crippen molar-refractivity contribution in [2.45, 2.75) is 11.1 Å². The van der Waals surface area contributed by atoms with E-state index in [2.05, 4.69) is 0 Å². The van der Waals surface area contributed by atoms with Crippen molar-refractivity contribution in [3.05, 3.63) is 59.7 Å². The Hall–Kier alpha value is -2.53. The molecule has 2 aromatic carbocycles. The van der Waals surface area contributed by atoms with E-state index in [1.807, 2.05) is 0 Å². The van der Waals surface area contributed by atoms with Crippen LogP contribution < -0.4 is 4.18 Å². The summed E-state index contributed by atoms with van der Waals surface area (Å²) in [4.78, 5) is -0.437. The molecule has 0 fully saturated rings. The van der Waals surface area contributed by atoms with Gasteiger partial charge in [0.25, 0.3) is 0 Å². The third-order valence-electron chi connectivity index (χ3n) is 2.68. The summed E-state index contributed by atoms with van der Waals surface area (Å²) in [6.07, 6.45) is -4.56. The van der Waals surface area contributed by atoms with E-state index >= 15 is 0 Å². The second-order valence-corrected chi connectivity index (χ2v) is 5.71. The highest BCUT2D eigenvalue weighted by Gasteiger charge is 2.31. The maximum Gasteiger partial charge on any atom is 0.416 e. The SMILES string of the molecule is N#Cc1ccccc1OS(=O)(=O)c1ccc(C(F)(F)F)cc1. The smallest absolute Gasteiger partial charge is 0.378 e. The maximum absolute atomic E-state index is 12.4. The van der Waals surface area contributed by atoms with E-state index in [9.17, 15) is 21.6 Å². The van der Waals surface area contributed by atoms with E-state index in [0.29, 0.717) is 12.1 Å². The van der Waals surface area contributed by atoms with E-state index in [1.54, 1.807) is 6.07 Å². The monoisotopic (exact) mass is 327 g/mol. The van der Waals surface area contributed by atoms with Crippen LogP contribution >= 0.6 is 0 Å². The fourth-order valence-corrected chi connectivity index (χ4v) is 2.56. The topological polar surface area (TPSA) is 67.2 Å². The summed E-state index contributed by atoms with van der Waals surface area (Å²) in [7, 11) is -4.33. The van der Waals surface area contributed by atoms with Crippen LogP contribution in [0.2, 0.25) is 0 Å². The van der Waals surface area contributed by atoms with Crippen molar-refractivity contribution < 1.29 is 25.8 Å². The largest absolute Gasteiger partial charge is 0.416 e. The zero-order valence-corrected chi connectivity index (χ0v) is 11.6. The van der Waals surface area contributed by atoms with E-state index in [-0.39, 0.29) is 11.3 Å². The molecular formula is C14H8F3NO3S. The number of halogens is 3. The molecule has 0 radical (unpaired) electrons. The van der Waals surface area contributed by atoms with E-state index in [1.165, 1.54) is 24.3 Å². The van der Waals surface area contributed by atoms with Gasteiger partial charge in [0.05, 0.1) is 11.1 Å². The van der Waals surface area contributed by atoms with Crippen molar-refractivity contribution in [3.8, 4) is 11.8 Å². The molecule has 0 N–H and O–H groups in total. The van der Waals surface area contributed by atoms with Crippen LogP contribution in [0.3, 0.4) is 0 Å². The molecule has 0 saturated heterocycles. The van der Waals surface area contributed by atoms with Gasteiger partial charge in [0.15, 0.2) is 5.75 Å². The van der Waals surface area contributed by atoms with Crippen molar-refractivity contribution in [1.82, 2.24) is 0 Å². The van der Waals surface area contributed by atoms with Crippen LogP contribution in [0.25, 0.3) is 0 Å². The molecule has 2 aromatic rings. The van der Waals surface area contributed by atoms with Gasteiger partial charge in [-0.3, -0.25) is 0 Å². The lowest BCUT2D eigenvalue weighted by atomic mass is 10.2. The van der Waals surface area contributed by atoms with Gasteiger partial charge in [-0.2, -0.15) is 26.9 Å². The van der Waals surface area contributed by atoms with Crippen LogP contribution in [-0.4, -0.2) is 8.42 Å². The third-order valence-corrected chi connectivity index (χ3v) is 3.93. The van der Waals surface area contributed by atoms with Gasteiger partial charge in [0, 0.05) is 0 Å². The molecule has 2 rings (SSSR count). The fourth-order valence-electron chi connectivity index (χ4n) is 1.61. The second kappa shape index (κ2) is 5.69. The molecule has 0 aromatic heterocycles. The Kier molecular flexibility index (Phi) is 4.10. The first kappa shape index (κ1) is 15.9. The molecule has 0 atom stereocenters. The van der Waals surface area contributed by atoms with Crippen LogP contribution in [0, 0.1) is 11.3 Å². The lowest BCUT2D eigenvalue weighted by molar-refractivity contribution is -0.137. The average Bonchev–Trinajstić information content (AvgIpc) is 2.47. The standard InChI is InChI=1S/C14H8F3NO3S/c15-14(16,17)11-5-7-12(8-6-11)22(19,20)21-13-4-2-1-3-10(13)9-18/h1-8H. The Morgan fingerprint density at radius 1 is 1.00 bits per heavy atom. The molecule has 4 nitrogen and oxygen atoms in total. The van der Waals surface area contributed by atoms with Crippen molar-refractivity contribution in [1.29, 1.82) is 5.26 Å². The normalized spacial score (nSPS) is 11.7. The third kappa shape index (κ3) is 3.38. The van der Waals surface area contributed by atoms with E-state index in [0.717, 1.165) is 12.1 Å². The molecule has 0 spiro atoms. The quantitative estimate of drug-likeness (QED) is 0.811. The predicted molar refractivity (Wildman–Crippen MR) is 70.4 cm³/mol. The first-order chi connectivity index (χ1) is 10.2. The van der Waals surface area contributed by atoms with Crippen molar-refractivity contribution in [3.63, 3.8) is 0 Å². The molecule has 0 bridgehead atoms. The molecule has 8 heteroatoms. The van der Waals surface area contributed by atoms with Crippen molar-refractivity contribution in [2.24, 2.45) is 0 Å². The highest BCUT2D eigenvalue weighted by molar-refractivity contribution is 7.87. The minimum Gasteiger partial charge on any atom is -0.378 e. The number of nitriles is 1. The maximum atomic E-state index is 12.4. The second-order valence-electron chi connectivity index (χ2n) is 4.17. The molecule has 114 valence electrons. The van der Waals surface area contributed by atoms with E-state index in [4.69, 9.17) is 9.44 Å². The molecule has 0 aliphatic heterocycles. The van der Waals surface area contributed by atoms with Crippen LogP contribution in [0.1, 0.15) is 11.1 Å². The summed E-state index contributed by atoms with van der Waals surface area (Å²) < 4.78 is 66.2. The Bertz CT molecular complexity index is 822. The van der Waals surface area contributed by atoms with Crippen LogP contribution in [0.4, 0.5) is 13.2 Å². The highest BCUT2D eigenvalue weighted by Crippen LogP contribution is 2.30. The highest BCUT2D eigenvalue weighted by atomic mass is 32.2. The van der Waals surface area contributed by atoms with Gasteiger partial charge >= 0.3 is 16.3 Å². The van der Waals surface area contributed by atoms with Crippen LogP contribution in [0.5, 0.6) is 5.75 Å². The lowest BCUT2D eigenvalue weighted by Gasteiger charge is -2.10. The molecular weight excluding hydrogens is 319 g/mol. The van der Waals surface area contributed by atoms with Gasteiger partial charge in [-0.25, -0.2) is 0 Å². The Morgan fingerprint density at radius 2 is 1.59 bits per heavy atom. The fraction of sp³-hybridized carbons (Fsp3) is 0.0714. The molecule has 0 unspecified atom stereocenters. The number of hydrogen-bond donors (Lipinski definition) is 0. The molecule has 22 heavy (non-hydrogen) atoms. The summed E-state index contributed by atoms with van der Waals surface area (Å²) >= 11 is 0. The van der Waals surface area contributed by atoms with Gasteiger partial charge in [0.1, 0.15) is 11.0 Å². The summed E-state index contributed by atoms with van der Waals surface area (Å²) in [6, 6.07) is 10.3. The minimum absolute atomic E-state index is 0.00186. The van der Waals surface area contributed by atoms with Gasteiger partial charge in [-0.05, 0) is 36.4 Å². The molecule has 0 saturated carbocycles. The number of hydrogen-bond acceptors (Lipinski definition) is 4. The van der Waals surface area contributed by atoms with Crippen LogP contribution in [-0.2, 0) is 16.3 Å². The average molecular weight is 327 g/mol. The van der Waals surface area contributed by atoms with Gasteiger partial charge < -0.3 is 4.18 Å². The Labute approximate surface area is 124 Å². The van der Waals surface area contributed by atoms with E-state index < -0.39 is 26.8 Å². The number of benzene rings is 2. The van der Waals surface area contributed by atoms with Gasteiger partial charge in [-0.15, -0.1) is 0 Å². The zero-order valence-electron chi connectivity index (χ0n) is 10.8. The number of alkyl halides is 3. The summed E-state index contributed by atoms with van der Waals surface area (Å²) in [5, 5.41) is 8.86.